The molecular formula is C26H37N2OS+. The summed E-state index contributed by atoms with van der Waals surface area (Å²) in [6.45, 7) is 18.1. The Kier molecular flexibility index (Phi) is 11.2. The molecule has 0 amide bonds. The van der Waals surface area contributed by atoms with Crippen molar-refractivity contribution in [3.8, 4) is 0 Å². The van der Waals surface area contributed by atoms with Crippen molar-refractivity contribution < 1.29 is 4.42 Å². The van der Waals surface area contributed by atoms with Gasteiger partial charge in [0.1, 0.15) is 0 Å². The Balaban J connectivity index is 0.000000296. The first-order chi connectivity index (χ1) is 14.3. The van der Waals surface area contributed by atoms with Crippen molar-refractivity contribution >= 4 is 22.7 Å². The predicted octanol–water partition coefficient (Wildman–Crippen LogP) is 7.51. The summed E-state index contributed by atoms with van der Waals surface area (Å²) in [5, 5.41) is 4.51. The van der Waals surface area contributed by atoms with Crippen molar-refractivity contribution in [3.63, 3.8) is 0 Å². The third-order valence-electron chi connectivity index (χ3n) is 4.44. The van der Waals surface area contributed by atoms with Crippen molar-refractivity contribution in [2.24, 2.45) is 11.7 Å². The number of rotatable bonds is 4. The first-order valence-corrected chi connectivity index (χ1v) is 11.2. The zero-order chi connectivity index (χ0) is 22.7. The van der Waals surface area contributed by atoms with Crippen LogP contribution in [-0.2, 0) is 0 Å². The van der Waals surface area contributed by atoms with Gasteiger partial charge in [0.05, 0.1) is 16.1 Å². The highest BCUT2D eigenvalue weighted by Gasteiger charge is 2.22. The number of allylic oxidation sites excluding steroid dienone is 4. The monoisotopic (exact) mass is 425 g/mol. The van der Waals surface area contributed by atoms with Crippen molar-refractivity contribution in [2.75, 3.05) is 13.6 Å². The fourth-order valence-electron chi connectivity index (χ4n) is 2.95. The maximum Gasteiger partial charge on any atom is 0.359 e. The minimum atomic E-state index is 0.525. The predicted molar refractivity (Wildman–Crippen MR) is 135 cm³/mol. The van der Waals surface area contributed by atoms with Crippen LogP contribution < -0.4 is 5.73 Å². The number of hydrogen-bond acceptors (Lipinski definition) is 3. The molecule has 3 nitrogen and oxygen atoms in total. The number of likely N-dealkylation sites (N-methyl/N-ethyl adjacent to an activating group) is 1. The van der Waals surface area contributed by atoms with E-state index in [4.69, 9.17) is 4.42 Å². The summed E-state index contributed by atoms with van der Waals surface area (Å²) >= 11 is 1.73. The molecule has 2 N–H and O–H groups in total. The van der Waals surface area contributed by atoms with E-state index in [0.717, 1.165) is 22.5 Å². The van der Waals surface area contributed by atoms with Gasteiger partial charge in [0, 0.05) is 24.1 Å². The molecule has 0 bridgehead atoms. The zero-order valence-electron chi connectivity index (χ0n) is 19.5. The van der Waals surface area contributed by atoms with Gasteiger partial charge < -0.3 is 10.6 Å². The third kappa shape index (κ3) is 7.51. The van der Waals surface area contributed by atoms with Gasteiger partial charge in [0.15, 0.2) is 0 Å². The van der Waals surface area contributed by atoms with Crippen molar-refractivity contribution in [1.29, 1.82) is 0 Å². The van der Waals surface area contributed by atoms with Crippen LogP contribution in [0.1, 0.15) is 40.2 Å². The first kappa shape index (κ1) is 25.7. The quantitative estimate of drug-likeness (QED) is 0.406. The number of fused-ring (bicyclic) bond motifs is 1. The number of aryl methyl sites for hydroxylation is 1. The summed E-state index contributed by atoms with van der Waals surface area (Å²) in [4.78, 5) is 2.29. The lowest BCUT2D eigenvalue weighted by Crippen LogP contribution is -2.19. The fourth-order valence-corrected chi connectivity index (χ4v) is 3.81. The Labute approximate surface area is 187 Å². The SMILES string of the molecule is C=C1SC=C(/C(=C/C=C(C)C)C(C)C)N1CC.CN.Cc1ccc2[o+]cccc2c1. The molecule has 0 aliphatic carbocycles. The molecule has 30 heavy (non-hydrogen) atoms. The molecule has 1 aliphatic rings. The first-order valence-electron chi connectivity index (χ1n) is 10.4. The third-order valence-corrected chi connectivity index (χ3v) is 5.28. The number of thioether (sulfide) groups is 1. The van der Waals surface area contributed by atoms with Gasteiger partial charge in [0.25, 0.3) is 0 Å². The van der Waals surface area contributed by atoms with Gasteiger partial charge in [-0.1, -0.05) is 49.9 Å². The molecule has 1 aliphatic heterocycles. The molecule has 1 aromatic heterocycles. The van der Waals surface area contributed by atoms with E-state index < -0.39 is 0 Å². The molecule has 0 spiro atoms. The topological polar surface area (TPSA) is 40.6 Å². The summed E-state index contributed by atoms with van der Waals surface area (Å²) in [6, 6.07) is 10.1. The molecule has 3 rings (SSSR count). The highest BCUT2D eigenvalue weighted by Crippen LogP contribution is 2.38. The minimum absolute atomic E-state index is 0.525. The van der Waals surface area contributed by atoms with Gasteiger partial charge in [-0.05, 0) is 70.0 Å². The molecule has 2 heterocycles. The second-order valence-corrected chi connectivity index (χ2v) is 8.38. The summed E-state index contributed by atoms with van der Waals surface area (Å²) in [5.74, 6) is 0.525. The largest absolute Gasteiger partial charge is 0.359 e. The van der Waals surface area contributed by atoms with Crippen LogP contribution in [0.4, 0.5) is 0 Å². The molecule has 0 unspecified atom stereocenters. The van der Waals surface area contributed by atoms with Gasteiger partial charge in [0.2, 0.25) is 0 Å². The second kappa shape index (κ2) is 13.1. The van der Waals surface area contributed by atoms with Crippen LogP contribution in [0.2, 0.25) is 0 Å². The average Bonchev–Trinajstić information content (AvgIpc) is 3.09. The Morgan fingerprint density at radius 3 is 2.50 bits per heavy atom. The van der Waals surface area contributed by atoms with Crippen LogP contribution in [-0.4, -0.2) is 18.5 Å². The van der Waals surface area contributed by atoms with Gasteiger partial charge >= 0.3 is 11.8 Å². The van der Waals surface area contributed by atoms with Gasteiger partial charge in [-0.15, -0.1) is 0 Å². The van der Waals surface area contributed by atoms with Crippen LogP contribution in [0.3, 0.4) is 0 Å². The van der Waals surface area contributed by atoms with E-state index in [1.54, 1.807) is 18.0 Å². The molecule has 2 aromatic rings. The van der Waals surface area contributed by atoms with E-state index in [1.807, 2.05) is 24.3 Å². The molecular weight excluding hydrogens is 388 g/mol. The van der Waals surface area contributed by atoms with E-state index in [0.29, 0.717) is 5.92 Å². The van der Waals surface area contributed by atoms with Crippen molar-refractivity contribution in [1.82, 2.24) is 4.90 Å². The molecule has 1 aromatic carbocycles. The average molecular weight is 426 g/mol. The lowest BCUT2D eigenvalue weighted by atomic mass is 9.99. The molecule has 0 saturated carbocycles. The lowest BCUT2D eigenvalue weighted by Gasteiger charge is -2.24. The number of nitrogens with zero attached hydrogens (tertiary/aromatic N) is 1. The summed E-state index contributed by atoms with van der Waals surface area (Å²) in [5.41, 5.74) is 10.7. The highest BCUT2D eigenvalue weighted by molar-refractivity contribution is 8.06. The molecule has 0 fully saturated rings. The molecule has 162 valence electrons. The smallest absolute Gasteiger partial charge is 0.336 e. The van der Waals surface area contributed by atoms with Gasteiger partial charge in [-0.3, -0.25) is 0 Å². The van der Waals surface area contributed by atoms with E-state index >= 15 is 0 Å². The number of hydrogen-bond donors (Lipinski definition) is 1. The maximum atomic E-state index is 5.27. The van der Waals surface area contributed by atoms with Crippen LogP contribution in [0, 0.1) is 12.8 Å². The molecule has 0 saturated heterocycles. The van der Waals surface area contributed by atoms with Crippen LogP contribution >= 0.6 is 11.8 Å². The van der Waals surface area contributed by atoms with Crippen LogP contribution in [0.5, 0.6) is 0 Å². The van der Waals surface area contributed by atoms with Crippen LogP contribution in [0.15, 0.2) is 87.0 Å². The Morgan fingerprint density at radius 2 is 1.90 bits per heavy atom. The van der Waals surface area contributed by atoms with E-state index in [-0.39, 0.29) is 0 Å². The lowest BCUT2D eigenvalue weighted by molar-refractivity contribution is 0.485. The Bertz CT molecular complexity index is 922. The van der Waals surface area contributed by atoms with Gasteiger partial charge in [-0.25, -0.2) is 4.42 Å². The number of nitrogens with two attached hydrogens (primary N) is 1. The Hall–Kier alpha value is -2.30. The van der Waals surface area contributed by atoms with Crippen LogP contribution in [0.25, 0.3) is 11.0 Å². The Morgan fingerprint density at radius 1 is 1.20 bits per heavy atom. The normalized spacial score (nSPS) is 13.4. The highest BCUT2D eigenvalue weighted by atomic mass is 32.2. The fraction of sp³-hybridized carbons (Fsp3) is 0.346. The second-order valence-electron chi connectivity index (χ2n) is 7.43. The number of benzene rings is 1. The maximum absolute atomic E-state index is 5.27. The molecule has 0 atom stereocenters. The van der Waals surface area contributed by atoms with E-state index in [9.17, 15) is 0 Å². The van der Waals surface area contributed by atoms with Crippen molar-refractivity contribution in [3.05, 3.63) is 88.2 Å². The van der Waals surface area contributed by atoms with E-state index in [2.05, 4.69) is 82.4 Å². The summed E-state index contributed by atoms with van der Waals surface area (Å²) in [7, 11) is 1.50. The summed E-state index contributed by atoms with van der Waals surface area (Å²) < 4.78 is 5.27. The van der Waals surface area contributed by atoms with Gasteiger partial charge in [-0.2, -0.15) is 0 Å². The van der Waals surface area contributed by atoms with Crippen molar-refractivity contribution in [2.45, 2.75) is 41.5 Å². The van der Waals surface area contributed by atoms with E-state index in [1.165, 1.54) is 29.5 Å². The summed E-state index contributed by atoms with van der Waals surface area (Å²) in [6.07, 6.45) is 6.13. The standard InChI is InChI=1S/C15H23NS.C10H9O.CH5N/c1-7-16-13(6)17-10-15(16)14(12(4)5)9-8-11(2)3;1-8-4-5-10-9(7-8)3-2-6-11-10;1-2/h8-10,12H,6-7H2,1-5H3;2-7H,1H3;2H2,1H3/q;+1;/b14-9+;;. The zero-order valence-corrected chi connectivity index (χ0v) is 20.3. The molecule has 0 radical (unpaired) electrons. The molecule has 4 heteroatoms. The minimum Gasteiger partial charge on any atom is -0.336 e.